The van der Waals surface area contributed by atoms with Crippen LogP contribution in [0.1, 0.15) is 61.7 Å². The maximum atomic E-state index is 12.8. The van der Waals surface area contributed by atoms with Gasteiger partial charge in [0.05, 0.1) is 5.75 Å². The summed E-state index contributed by atoms with van der Waals surface area (Å²) in [4.78, 5) is 36.8. The Morgan fingerprint density at radius 1 is 1.12 bits per heavy atom. The van der Waals surface area contributed by atoms with Crippen molar-refractivity contribution in [3.05, 3.63) is 40.5 Å². The van der Waals surface area contributed by atoms with Crippen LogP contribution < -0.4 is 10.6 Å². The number of carbonyl (C=O) groups is 2. The summed E-state index contributed by atoms with van der Waals surface area (Å²) in [5.74, 6) is 2.26. The quantitative estimate of drug-likeness (QED) is 0.331. The largest absolute Gasteiger partial charge is 0.326 e. The average Bonchev–Trinajstić information content (AvgIpc) is 3.58. The fourth-order valence-corrected chi connectivity index (χ4v) is 6.52. The van der Waals surface area contributed by atoms with E-state index >= 15 is 0 Å². The molecule has 1 saturated carbocycles. The van der Waals surface area contributed by atoms with Gasteiger partial charge >= 0.3 is 0 Å². The molecule has 2 aliphatic rings. The van der Waals surface area contributed by atoms with E-state index in [1.807, 2.05) is 36.5 Å². The number of aromatic nitrogens is 2. The van der Waals surface area contributed by atoms with E-state index < -0.39 is 0 Å². The highest BCUT2D eigenvalue weighted by molar-refractivity contribution is 8.00. The lowest BCUT2D eigenvalue weighted by Crippen LogP contribution is -2.15. The van der Waals surface area contributed by atoms with Crippen molar-refractivity contribution in [2.75, 3.05) is 16.4 Å². The van der Waals surface area contributed by atoms with Crippen LogP contribution in [0.2, 0.25) is 0 Å². The van der Waals surface area contributed by atoms with Gasteiger partial charge in [0, 0.05) is 34.0 Å². The Balaban J connectivity index is 1.33. The Kier molecular flexibility index (Phi) is 6.38. The minimum absolute atomic E-state index is 0.0539. The van der Waals surface area contributed by atoms with E-state index in [0.717, 1.165) is 41.4 Å². The number of fused-ring (bicyclic) bond motifs is 3. The topological polar surface area (TPSA) is 84.0 Å². The first-order valence-corrected chi connectivity index (χ1v) is 13.4. The number of thiophene rings is 1. The second-order valence-electron chi connectivity index (χ2n) is 9.01. The van der Waals surface area contributed by atoms with Gasteiger partial charge in [-0.1, -0.05) is 31.7 Å². The van der Waals surface area contributed by atoms with Crippen LogP contribution >= 0.6 is 23.1 Å². The highest BCUT2D eigenvalue weighted by Gasteiger charge is 2.30. The molecule has 0 unspecified atom stereocenters. The molecule has 5 rings (SSSR count). The van der Waals surface area contributed by atoms with E-state index in [1.165, 1.54) is 34.0 Å². The van der Waals surface area contributed by atoms with Crippen LogP contribution in [0.25, 0.3) is 10.2 Å². The van der Waals surface area contributed by atoms with Crippen LogP contribution in [0.15, 0.2) is 29.3 Å². The van der Waals surface area contributed by atoms with E-state index in [9.17, 15) is 9.59 Å². The van der Waals surface area contributed by atoms with E-state index in [2.05, 4.69) is 17.6 Å². The molecule has 2 N–H and O–H groups in total. The van der Waals surface area contributed by atoms with Gasteiger partial charge < -0.3 is 10.6 Å². The van der Waals surface area contributed by atoms with Gasteiger partial charge in [-0.05, 0) is 61.8 Å². The zero-order chi connectivity index (χ0) is 22.9. The number of nitrogens with one attached hydrogen (secondary N) is 2. The van der Waals surface area contributed by atoms with E-state index in [-0.39, 0.29) is 17.6 Å². The van der Waals surface area contributed by atoms with E-state index in [0.29, 0.717) is 29.6 Å². The first-order chi connectivity index (χ1) is 16.0. The number of benzene rings is 1. The molecule has 2 aliphatic carbocycles. The molecule has 172 valence electrons. The first kappa shape index (κ1) is 22.3. The normalized spacial score (nSPS) is 17.6. The lowest BCUT2D eigenvalue weighted by atomic mass is 9.89. The van der Waals surface area contributed by atoms with Crippen LogP contribution in [0.4, 0.5) is 11.4 Å². The Morgan fingerprint density at radius 3 is 2.61 bits per heavy atom. The number of hydrogen-bond acceptors (Lipinski definition) is 6. The van der Waals surface area contributed by atoms with E-state index in [1.54, 1.807) is 6.07 Å². The zero-order valence-electron chi connectivity index (χ0n) is 18.9. The molecule has 2 heterocycles. The molecule has 0 spiro atoms. The third kappa shape index (κ3) is 5.06. The summed E-state index contributed by atoms with van der Waals surface area (Å²) in [7, 11) is 0. The molecule has 2 aromatic heterocycles. The smallest absolute Gasteiger partial charge is 0.234 e. The van der Waals surface area contributed by atoms with Crippen LogP contribution in [0.3, 0.4) is 0 Å². The molecular weight excluding hydrogens is 452 g/mol. The van der Waals surface area contributed by atoms with Crippen molar-refractivity contribution in [2.45, 2.75) is 63.3 Å². The maximum Gasteiger partial charge on any atom is 0.234 e. The SMILES string of the molecule is CCC(=O)Nc1cccc(NC(=O)CSc2nc(C3CC3)nc3sc4c(c23)CC[C@H](C)C4)c1. The lowest BCUT2D eigenvalue weighted by Gasteiger charge is -2.18. The van der Waals surface area contributed by atoms with Gasteiger partial charge in [0.15, 0.2) is 0 Å². The van der Waals surface area contributed by atoms with Gasteiger partial charge in [0.25, 0.3) is 0 Å². The molecule has 0 saturated heterocycles. The molecule has 1 atom stereocenters. The molecule has 0 radical (unpaired) electrons. The van der Waals surface area contributed by atoms with Gasteiger partial charge in [0.1, 0.15) is 15.7 Å². The monoisotopic (exact) mass is 480 g/mol. The fraction of sp³-hybridized carbons (Fsp3) is 0.440. The van der Waals surface area contributed by atoms with Crippen molar-refractivity contribution in [1.29, 1.82) is 0 Å². The maximum absolute atomic E-state index is 12.8. The van der Waals surface area contributed by atoms with Crippen molar-refractivity contribution in [3.63, 3.8) is 0 Å². The predicted molar refractivity (Wildman–Crippen MR) is 135 cm³/mol. The fourth-order valence-electron chi connectivity index (χ4n) is 4.21. The third-order valence-corrected chi connectivity index (χ3v) is 8.30. The van der Waals surface area contributed by atoms with Gasteiger partial charge in [-0.25, -0.2) is 9.97 Å². The van der Waals surface area contributed by atoms with Crippen LogP contribution in [-0.2, 0) is 22.4 Å². The van der Waals surface area contributed by atoms with Crippen LogP contribution in [0, 0.1) is 5.92 Å². The Hall–Kier alpha value is -2.45. The first-order valence-electron chi connectivity index (χ1n) is 11.6. The second-order valence-corrected chi connectivity index (χ2v) is 11.1. The Bertz CT molecular complexity index is 1220. The summed E-state index contributed by atoms with van der Waals surface area (Å²) in [6.45, 7) is 4.12. The average molecular weight is 481 g/mol. The molecular formula is C25H28N4O2S2. The Labute approximate surface area is 202 Å². The van der Waals surface area contributed by atoms with Crippen molar-refractivity contribution < 1.29 is 9.59 Å². The predicted octanol–water partition coefficient (Wildman–Crippen LogP) is 5.77. The lowest BCUT2D eigenvalue weighted by molar-refractivity contribution is -0.116. The summed E-state index contributed by atoms with van der Waals surface area (Å²) in [6.07, 6.45) is 6.10. The summed E-state index contributed by atoms with van der Waals surface area (Å²) in [5, 5.41) is 7.90. The van der Waals surface area contributed by atoms with Crippen molar-refractivity contribution in [2.24, 2.45) is 5.92 Å². The molecule has 3 aromatic rings. The number of carbonyl (C=O) groups excluding carboxylic acids is 2. The van der Waals surface area contributed by atoms with Gasteiger partial charge in [-0.3, -0.25) is 9.59 Å². The molecule has 6 nitrogen and oxygen atoms in total. The molecule has 1 aromatic carbocycles. The third-order valence-electron chi connectivity index (χ3n) is 6.17. The Morgan fingerprint density at radius 2 is 1.88 bits per heavy atom. The van der Waals surface area contributed by atoms with Crippen LogP contribution in [-0.4, -0.2) is 27.5 Å². The van der Waals surface area contributed by atoms with Gasteiger partial charge in [-0.15, -0.1) is 11.3 Å². The summed E-state index contributed by atoms with van der Waals surface area (Å²) in [5.41, 5.74) is 2.75. The number of thioether (sulfide) groups is 1. The second kappa shape index (κ2) is 9.43. The van der Waals surface area contributed by atoms with Crippen molar-refractivity contribution >= 4 is 56.5 Å². The van der Waals surface area contributed by atoms with Gasteiger partial charge in [0.2, 0.25) is 11.8 Å². The van der Waals surface area contributed by atoms with E-state index in [4.69, 9.17) is 9.97 Å². The molecule has 8 heteroatoms. The number of amides is 2. The zero-order valence-corrected chi connectivity index (χ0v) is 20.6. The minimum Gasteiger partial charge on any atom is -0.326 e. The highest BCUT2D eigenvalue weighted by atomic mass is 32.2. The molecule has 0 bridgehead atoms. The summed E-state index contributed by atoms with van der Waals surface area (Å²) < 4.78 is 0. The highest BCUT2D eigenvalue weighted by Crippen LogP contribution is 2.44. The summed E-state index contributed by atoms with van der Waals surface area (Å²) in [6, 6.07) is 7.24. The molecule has 0 aliphatic heterocycles. The molecule has 1 fully saturated rings. The molecule has 2 amide bonds. The number of anilines is 2. The summed E-state index contributed by atoms with van der Waals surface area (Å²) >= 11 is 3.33. The number of hydrogen-bond donors (Lipinski definition) is 2. The van der Waals surface area contributed by atoms with Crippen molar-refractivity contribution in [1.82, 2.24) is 9.97 Å². The number of nitrogens with zero attached hydrogens (tertiary/aromatic N) is 2. The van der Waals surface area contributed by atoms with Crippen LogP contribution in [0.5, 0.6) is 0 Å². The van der Waals surface area contributed by atoms with Crippen molar-refractivity contribution in [3.8, 4) is 0 Å². The minimum atomic E-state index is -0.0866. The van der Waals surface area contributed by atoms with Gasteiger partial charge in [-0.2, -0.15) is 0 Å². The number of rotatable bonds is 7. The standard InChI is InChI=1S/C25H28N4O2S2/c1-3-20(30)26-16-5-4-6-17(12-16)27-21(31)13-32-24-22-18-10-7-14(2)11-19(18)33-25(22)29-23(28-24)15-8-9-15/h4-6,12,14-15H,3,7-11,13H2,1-2H3,(H,26,30)(H,27,31)/t14-/m0/s1. The molecule has 33 heavy (non-hydrogen) atoms. The number of aryl methyl sites for hydroxylation is 1.